The predicted molar refractivity (Wildman–Crippen MR) is 71.3 cm³/mol. The Hall–Kier alpha value is -1.83. The highest BCUT2D eigenvalue weighted by atomic mass is 16.6. The first-order chi connectivity index (χ1) is 9.45. The smallest absolute Gasteiger partial charge is 0.494 e. The van der Waals surface area contributed by atoms with Gasteiger partial charge in [-0.1, -0.05) is 24.3 Å². The van der Waals surface area contributed by atoms with Gasteiger partial charge in [-0.25, -0.2) is 0 Å². The molecule has 0 amide bonds. The quantitative estimate of drug-likeness (QED) is 0.559. The number of hydrogen-bond acceptors (Lipinski definition) is 7. The lowest BCUT2D eigenvalue weighted by atomic mass is 9.74. The Labute approximate surface area is 116 Å². The van der Waals surface area contributed by atoms with Crippen LogP contribution in [-0.2, 0) is 18.9 Å². The minimum absolute atomic E-state index is 0.000955. The van der Waals surface area contributed by atoms with Crippen LogP contribution in [0.3, 0.4) is 0 Å². The fraction of sp³-hybridized carbons (Fsp3) is 0.273. The number of benzene rings is 1. The van der Waals surface area contributed by atoms with Crippen molar-refractivity contribution in [2.45, 2.75) is 0 Å². The lowest BCUT2D eigenvalue weighted by Gasteiger charge is -2.22. The van der Waals surface area contributed by atoms with Gasteiger partial charge in [0.1, 0.15) is 0 Å². The van der Waals surface area contributed by atoms with Gasteiger partial charge < -0.3 is 19.4 Å². The van der Waals surface area contributed by atoms with Crippen LogP contribution < -0.4 is 10.9 Å². The first kappa shape index (κ1) is 14.6. The molecule has 1 aromatic carbocycles. The molecule has 0 bridgehead atoms. The van der Waals surface area contributed by atoms with Crippen LogP contribution in [0.25, 0.3) is 0 Å². The number of carbonyl (C=O) groups is 2. The molecule has 1 aromatic rings. The summed E-state index contributed by atoms with van der Waals surface area (Å²) in [6.07, 6.45) is 0. The Morgan fingerprint density at radius 2 is 1.60 bits per heavy atom. The zero-order valence-corrected chi connectivity index (χ0v) is 10.9. The number of carbonyl (C=O) groups excluding carboxylic acids is 2. The van der Waals surface area contributed by atoms with Crippen LogP contribution in [-0.4, -0.2) is 61.3 Å². The maximum absolute atomic E-state index is 11.6. The average Bonchev–Trinajstić information content (AvgIpc) is 2.36. The minimum atomic E-state index is -1.58. The van der Waals surface area contributed by atoms with Crippen molar-refractivity contribution in [2.75, 3.05) is 20.1 Å². The van der Waals surface area contributed by atoms with Gasteiger partial charge in [0.2, 0.25) is 0 Å². The number of rotatable bonds is 2. The molecule has 20 heavy (non-hydrogen) atoms. The highest BCUT2D eigenvalue weighted by Gasteiger charge is 2.33. The lowest BCUT2D eigenvalue weighted by molar-refractivity contribution is -0.145. The molecule has 0 radical (unpaired) electrons. The molecule has 1 saturated heterocycles. The second-order valence-corrected chi connectivity index (χ2v) is 4.52. The van der Waals surface area contributed by atoms with Crippen molar-refractivity contribution in [1.82, 2.24) is 4.90 Å². The standard InChI is InChI=1S/C11H13B2NO6/c1-14-6-10(15)19-13(20-11(16)7-14)9-4-2-8(3-5-9)12(17)18/h2-5,17-18H,6-7H2,1H3. The number of nitrogens with zero attached hydrogens (tertiary/aromatic N) is 1. The Morgan fingerprint density at radius 3 is 2.05 bits per heavy atom. The number of hydrogen-bond donors (Lipinski definition) is 2. The fourth-order valence-electron chi connectivity index (χ4n) is 1.80. The second kappa shape index (κ2) is 6.08. The van der Waals surface area contributed by atoms with Gasteiger partial charge >= 0.3 is 26.2 Å². The molecule has 1 aliphatic heterocycles. The second-order valence-electron chi connectivity index (χ2n) is 4.52. The van der Waals surface area contributed by atoms with Gasteiger partial charge in [-0.15, -0.1) is 0 Å². The van der Waals surface area contributed by atoms with E-state index in [1.54, 1.807) is 7.05 Å². The van der Waals surface area contributed by atoms with Crippen molar-refractivity contribution in [3.8, 4) is 0 Å². The van der Waals surface area contributed by atoms with Crippen LogP contribution in [0.2, 0.25) is 0 Å². The molecule has 9 heteroatoms. The molecule has 1 aliphatic rings. The SMILES string of the molecule is CN1CC(=O)OB(c2ccc(B(O)O)cc2)OC(=O)C1. The van der Waals surface area contributed by atoms with E-state index >= 15 is 0 Å². The first-order valence-corrected chi connectivity index (χ1v) is 5.99. The van der Waals surface area contributed by atoms with E-state index in [1.807, 2.05) is 0 Å². The molecule has 0 unspecified atom stereocenters. The van der Waals surface area contributed by atoms with Crippen molar-refractivity contribution < 1.29 is 28.9 Å². The van der Waals surface area contributed by atoms with Gasteiger partial charge in [-0.3, -0.25) is 14.5 Å². The number of likely N-dealkylation sites (N-methyl/N-ethyl adjacent to an activating group) is 1. The molecule has 0 aliphatic carbocycles. The van der Waals surface area contributed by atoms with Gasteiger partial charge in [0.25, 0.3) is 0 Å². The largest absolute Gasteiger partial charge is 0.636 e. The summed E-state index contributed by atoms with van der Waals surface area (Å²) < 4.78 is 10.1. The van der Waals surface area contributed by atoms with Gasteiger partial charge in [-0.2, -0.15) is 0 Å². The molecule has 1 heterocycles. The summed E-state index contributed by atoms with van der Waals surface area (Å²) >= 11 is 0. The highest BCUT2D eigenvalue weighted by Crippen LogP contribution is 2.00. The molecular formula is C11H13B2NO6. The molecule has 104 valence electrons. The highest BCUT2D eigenvalue weighted by molar-refractivity contribution is 6.65. The lowest BCUT2D eigenvalue weighted by Crippen LogP contribution is -2.48. The van der Waals surface area contributed by atoms with Gasteiger partial charge in [0.15, 0.2) is 0 Å². The van der Waals surface area contributed by atoms with Crippen molar-refractivity contribution in [3.05, 3.63) is 24.3 Å². The maximum atomic E-state index is 11.6. The Kier molecular flexibility index (Phi) is 4.43. The molecular weight excluding hydrogens is 264 g/mol. The van der Waals surface area contributed by atoms with Crippen molar-refractivity contribution in [1.29, 1.82) is 0 Å². The summed E-state index contributed by atoms with van der Waals surface area (Å²) in [5.74, 6) is -1.01. The van der Waals surface area contributed by atoms with E-state index < -0.39 is 26.2 Å². The molecule has 2 rings (SSSR count). The molecule has 7 nitrogen and oxygen atoms in total. The summed E-state index contributed by atoms with van der Waals surface area (Å²) in [6, 6.07) is 5.91. The van der Waals surface area contributed by atoms with Crippen LogP contribution >= 0.6 is 0 Å². The summed E-state index contributed by atoms with van der Waals surface area (Å²) in [4.78, 5) is 24.6. The Balaban J connectivity index is 2.16. The van der Waals surface area contributed by atoms with E-state index in [9.17, 15) is 9.59 Å². The first-order valence-electron chi connectivity index (χ1n) is 5.99. The fourth-order valence-corrected chi connectivity index (χ4v) is 1.80. The summed E-state index contributed by atoms with van der Waals surface area (Å²) in [5.41, 5.74) is 0.734. The van der Waals surface area contributed by atoms with E-state index in [1.165, 1.54) is 29.2 Å². The maximum Gasteiger partial charge on any atom is 0.636 e. The van der Waals surface area contributed by atoms with E-state index in [2.05, 4.69) is 0 Å². The predicted octanol–water partition coefficient (Wildman–Crippen LogP) is -2.91. The van der Waals surface area contributed by atoms with Crippen molar-refractivity contribution >= 4 is 37.1 Å². The van der Waals surface area contributed by atoms with E-state index in [4.69, 9.17) is 19.4 Å². The monoisotopic (exact) mass is 277 g/mol. The van der Waals surface area contributed by atoms with Crippen molar-refractivity contribution in [3.63, 3.8) is 0 Å². The molecule has 0 aromatic heterocycles. The third kappa shape index (κ3) is 3.60. The van der Waals surface area contributed by atoms with Crippen molar-refractivity contribution in [2.24, 2.45) is 0 Å². The molecule has 2 N–H and O–H groups in total. The molecule has 0 atom stereocenters. The van der Waals surface area contributed by atoms with Crippen LogP contribution in [0.4, 0.5) is 0 Å². The van der Waals surface area contributed by atoms with Gasteiger partial charge in [0.05, 0.1) is 13.1 Å². The topological polar surface area (TPSA) is 96.3 Å². The minimum Gasteiger partial charge on any atom is -0.494 e. The third-order valence-electron chi connectivity index (χ3n) is 2.78. The van der Waals surface area contributed by atoms with Crippen LogP contribution in [0, 0.1) is 0 Å². The van der Waals surface area contributed by atoms with E-state index in [0.717, 1.165) is 0 Å². The average molecular weight is 277 g/mol. The zero-order chi connectivity index (χ0) is 14.7. The zero-order valence-electron chi connectivity index (χ0n) is 10.9. The van der Waals surface area contributed by atoms with Crippen LogP contribution in [0.5, 0.6) is 0 Å². The Bertz CT molecular complexity index is 486. The van der Waals surface area contributed by atoms with Gasteiger partial charge in [0, 0.05) is 5.46 Å². The van der Waals surface area contributed by atoms with Crippen LogP contribution in [0.1, 0.15) is 0 Å². The Morgan fingerprint density at radius 1 is 1.10 bits per heavy atom. The third-order valence-corrected chi connectivity index (χ3v) is 2.78. The van der Waals surface area contributed by atoms with Gasteiger partial charge in [-0.05, 0) is 12.5 Å². The van der Waals surface area contributed by atoms with E-state index in [-0.39, 0.29) is 18.6 Å². The van der Waals surface area contributed by atoms with E-state index in [0.29, 0.717) is 5.46 Å². The normalized spacial score (nSPS) is 17.1. The van der Waals surface area contributed by atoms with Crippen LogP contribution in [0.15, 0.2) is 24.3 Å². The summed E-state index contributed by atoms with van der Waals surface area (Å²) in [6.45, 7) is -0.00191. The summed E-state index contributed by atoms with van der Waals surface area (Å²) in [5, 5.41) is 18.0. The molecule has 0 saturated carbocycles. The summed E-state index contributed by atoms with van der Waals surface area (Å²) in [7, 11) is -1.09. The molecule has 0 spiro atoms. The molecule has 1 fully saturated rings.